The first kappa shape index (κ1) is 20.6. The lowest BCUT2D eigenvalue weighted by Crippen LogP contribution is -2.04. The Morgan fingerprint density at radius 2 is 1.50 bits per heavy atom. The van der Waals surface area contributed by atoms with Gasteiger partial charge >= 0.3 is 0 Å². The maximum atomic E-state index is 8.00. The molecule has 0 bridgehead atoms. The molecule has 3 heteroatoms. The first-order valence-electron chi connectivity index (χ1n) is 5.22. The van der Waals surface area contributed by atoms with Gasteiger partial charge in [0.1, 0.15) is 6.79 Å². The zero-order valence-corrected chi connectivity index (χ0v) is 11.9. The number of rotatable bonds is 2. The fourth-order valence-corrected chi connectivity index (χ4v) is 0.800. The van der Waals surface area contributed by atoms with Crippen LogP contribution >= 0.6 is 11.8 Å². The number of carbonyl (C=O) groups excluding carboxylic acids is 1. The summed E-state index contributed by atoms with van der Waals surface area (Å²) in [6, 6.07) is 10.3. The van der Waals surface area contributed by atoms with Gasteiger partial charge < -0.3 is 10.1 Å². The third-order valence-electron chi connectivity index (χ3n) is 1.22. The molecule has 0 saturated heterocycles. The molecule has 16 heavy (non-hydrogen) atoms. The van der Waals surface area contributed by atoms with Gasteiger partial charge in [-0.2, -0.15) is 11.8 Å². The lowest BCUT2D eigenvalue weighted by molar-refractivity contribution is -0.0979. The van der Waals surface area contributed by atoms with E-state index in [1.807, 2.05) is 58.4 Å². The Labute approximate surface area is 105 Å². The standard InChI is InChI=1S/C8H11N.C2H6S.C2H6.CH2O/c1-9-7-8-5-3-2-4-6-8;1-3-2;2*1-2/h2-6,9H,7H2,1H3;1-2H3;1-2H3;1H2. The summed E-state index contributed by atoms with van der Waals surface area (Å²) in [4.78, 5) is 8.00. The van der Waals surface area contributed by atoms with E-state index in [0.717, 1.165) is 6.54 Å². The molecule has 1 aromatic rings. The van der Waals surface area contributed by atoms with Crippen LogP contribution in [0.15, 0.2) is 30.3 Å². The molecule has 0 aromatic heterocycles. The van der Waals surface area contributed by atoms with Gasteiger partial charge in [0.05, 0.1) is 0 Å². The molecule has 0 spiro atoms. The predicted molar refractivity (Wildman–Crippen MR) is 77.1 cm³/mol. The Balaban J connectivity index is -0.000000206. The zero-order chi connectivity index (χ0) is 13.2. The van der Waals surface area contributed by atoms with E-state index >= 15 is 0 Å². The molecule has 0 fully saturated rings. The highest BCUT2D eigenvalue weighted by Crippen LogP contribution is 1.95. The molecule has 0 heterocycles. The van der Waals surface area contributed by atoms with Gasteiger partial charge in [-0.3, -0.25) is 0 Å². The quantitative estimate of drug-likeness (QED) is 0.864. The van der Waals surface area contributed by atoms with Crippen LogP contribution in [0.4, 0.5) is 0 Å². The monoisotopic (exact) mass is 243 g/mol. The molecule has 0 unspecified atom stereocenters. The zero-order valence-electron chi connectivity index (χ0n) is 11.1. The summed E-state index contributed by atoms with van der Waals surface area (Å²) in [6.45, 7) is 6.96. The Morgan fingerprint density at radius 3 is 1.81 bits per heavy atom. The van der Waals surface area contributed by atoms with Gasteiger partial charge in [0, 0.05) is 6.54 Å². The number of nitrogens with one attached hydrogen (secondary N) is 1. The highest BCUT2D eigenvalue weighted by Gasteiger charge is 1.83. The summed E-state index contributed by atoms with van der Waals surface area (Å²) in [5.41, 5.74) is 1.33. The van der Waals surface area contributed by atoms with Crippen LogP contribution in [0.3, 0.4) is 0 Å². The molecule has 0 radical (unpaired) electrons. The summed E-state index contributed by atoms with van der Waals surface area (Å²) >= 11 is 1.75. The van der Waals surface area contributed by atoms with Crippen molar-refractivity contribution in [3.8, 4) is 0 Å². The lowest BCUT2D eigenvalue weighted by atomic mass is 10.2. The van der Waals surface area contributed by atoms with Crippen molar-refractivity contribution < 1.29 is 4.79 Å². The number of carbonyl (C=O) groups is 1. The number of hydrogen-bond acceptors (Lipinski definition) is 3. The van der Waals surface area contributed by atoms with E-state index in [4.69, 9.17) is 4.79 Å². The third-order valence-corrected chi connectivity index (χ3v) is 1.22. The van der Waals surface area contributed by atoms with E-state index in [1.54, 1.807) is 11.8 Å². The van der Waals surface area contributed by atoms with Crippen molar-refractivity contribution >= 4 is 18.6 Å². The molecule has 2 nitrogen and oxygen atoms in total. The maximum absolute atomic E-state index is 8.00. The molecule has 1 aromatic carbocycles. The van der Waals surface area contributed by atoms with Crippen molar-refractivity contribution in [3.05, 3.63) is 35.9 Å². The molecule has 1 rings (SSSR count). The predicted octanol–water partition coefficient (Wildman–Crippen LogP) is 3.23. The number of benzene rings is 1. The molecule has 0 aliphatic rings. The summed E-state index contributed by atoms with van der Waals surface area (Å²) in [6.07, 6.45) is 4.08. The van der Waals surface area contributed by atoms with Gasteiger partial charge in [-0.15, -0.1) is 0 Å². The maximum Gasteiger partial charge on any atom is 0.106 e. The van der Waals surface area contributed by atoms with Gasteiger partial charge in [0.15, 0.2) is 0 Å². The van der Waals surface area contributed by atoms with Crippen molar-refractivity contribution in [2.45, 2.75) is 20.4 Å². The molecule has 0 aliphatic heterocycles. The van der Waals surface area contributed by atoms with Crippen LogP contribution in [0.25, 0.3) is 0 Å². The van der Waals surface area contributed by atoms with Crippen molar-refractivity contribution in [2.75, 3.05) is 19.6 Å². The molecule has 1 N–H and O–H groups in total. The van der Waals surface area contributed by atoms with Crippen LogP contribution in [0.5, 0.6) is 0 Å². The molecular weight excluding hydrogens is 218 g/mol. The average molecular weight is 243 g/mol. The second-order valence-electron chi connectivity index (χ2n) is 2.42. The lowest BCUT2D eigenvalue weighted by Gasteiger charge is -1.95. The first-order valence-corrected chi connectivity index (χ1v) is 6.86. The molecular formula is C13H25NOS. The van der Waals surface area contributed by atoms with Crippen LogP contribution in [0.2, 0.25) is 0 Å². The van der Waals surface area contributed by atoms with E-state index in [2.05, 4.69) is 17.4 Å². The van der Waals surface area contributed by atoms with E-state index < -0.39 is 0 Å². The van der Waals surface area contributed by atoms with E-state index in [0.29, 0.717) is 0 Å². The van der Waals surface area contributed by atoms with E-state index in [1.165, 1.54) is 5.56 Å². The normalized spacial score (nSPS) is 7.06. The van der Waals surface area contributed by atoms with Gasteiger partial charge in [-0.05, 0) is 25.1 Å². The highest BCUT2D eigenvalue weighted by molar-refractivity contribution is 7.97. The van der Waals surface area contributed by atoms with Crippen molar-refractivity contribution in [3.63, 3.8) is 0 Å². The highest BCUT2D eigenvalue weighted by atomic mass is 32.2. The Bertz CT molecular complexity index is 192. The summed E-state index contributed by atoms with van der Waals surface area (Å²) < 4.78 is 0. The minimum atomic E-state index is 0.959. The van der Waals surface area contributed by atoms with Crippen molar-refractivity contribution in [2.24, 2.45) is 0 Å². The van der Waals surface area contributed by atoms with Crippen LogP contribution in [-0.4, -0.2) is 26.3 Å². The number of hydrogen-bond donors (Lipinski definition) is 1. The molecule has 0 aliphatic carbocycles. The largest absolute Gasteiger partial charge is 0.316 e. The summed E-state index contributed by atoms with van der Waals surface area (Å²) in [5, 5.41) is 3.08. The summed E-state index contributed by atoms with van der Waals surface area (Å²) in [5.74, 6) is 0. The second kappa shape index (κ2) is 23.8. The SMILES string of the molecule is C=O.CC.CNCc1ccccc1.CSC. The molecule has 0 atom stereocenters. The van der Waals surface area contributed by atoms with Gasteiger partial charge in [-0.25, -0.2) is 0 Å². The van der Waals surface area contributed by atoms with Crippen LogP contribution in [0.1, 0.15) is 19.4 Å². The van der Waals surface area contributed by atoms with Crippen LogP contribution in [0, 0.1) is 0 Å². The Morgan fingerprint density at radius 1 is 1.12 bits per heavy atom. The second-order valence-corrected chi connectivity index (χ2v) is 3.24. The van der Waals surface area contributed by atoms with Crippen molar-refractivity contribution in [1.29, 1.82) is 0 Å². The first-order chi connectivity index (χ1) is 7.85. The molecule has 0 saturated carbocycles. The van der Waals surface area contributed by atoms with Crippen LogP contribution < -0.4 is 5.32 Å². The fourth-order valence-electron chi connectivity index (χ4n) is 0.800. The number of thioether (sulfide) groups is 1. The molecule has 94 valence electrons. The van der Waals surface area contributed by atoms with E-state index in [-0.39, 0.29) is 0 Å². The van der Waals surface area contributed by atoms with Gasteiger partial charge in [0.25, 0.3) is 0 Å². The summed E-state index contributed by atoms with van der Waals surface area (Å²) in [7, 11) is 1.95. The fraction of sp³-hybridized carbons (Fsp3) is 0.462. The minimum Gasteiger partial charge on any atom is -0.316 e. The average Bonchev–Trinajstić information content (AvgIpc) is 2.37. The third kappa shape index (κ3) is 18.9. The topological polar surface area (TPSA) is 29.1 Å². The minimum absolute atomic E-state index is 0.959. The van der Waals surface area contributed by atoms with Gasteiger partial charge in [0.2, 0.25) is 0 Å². The Hall–Kier alpha value is -0.800. The smallest absolute Gasteiger partial charge is 0.106 e. The van der Waals surface area contributed by atoms with Crippen LogP contribution in [-0.2, 0) is 11.3 Å². The van der Waals surface area contributed by atoms with E-state index in [9.17, 15) is 0 Å². The molecule has 0 amide bonds. The van der Waals surface area contributed by atoms with Gasteiger partial charge in [-0.1, -0.05) is 44.2 Å². The van der Waals surface area contributed by atoms with Crippen molar-refractivity contribution in [1.82, 2.24) is 5.32 Å². The Kier molecular flexibility index (Phi) is 30.6.